The molecule has 5 nitrogen and oxygen atoms in total. The van der Waals surface area contributed by atoms with Crippen molar-refractivity contribution in [2.24, 2.45) is 0 Å². The van der Waals surface area contributed by atoms with E-state index in [0.717, 1.165) is 5.56 Å². The highest BCUT2D eigenvalue weighted by Crippen LogP contribution is 2.23. The van der Waals surface area contributed by atoms with Crippen molar-refractivity contribution in [3.63, 3.8) is 0 Å². The number of benzene rings is 3. The first-order chi connectivity index (χ1) is 12.9. The molecule has 0 aliphatic carbocycles. The van der Waals surface area contributed by atoms with Gasteiger partial charge in [0.1, 0.15) is 5.75 Å². The molecule has 0 bridgehead atoms. The fourth-order valence-electron chi connectivity index (χ4n) is 2.49. The maximum Gasteiger partial charge on any atom is 0.343 e. The summed E-state index contributed by atoms with van der Waals surface area (Å²) in [6.45, 7) is 1.93. The van der Waals surface area contributed by atoms with E-state index in [0.29, 0.717) is 11.4 Å². The van der Waals surface area contributed by atoms with Gasteiger partial charge < -0.3 is 4.74 Å². The van der Waals surface area contributed by atoms with Crippen molar-refractivity contribution in [3.05, 3.63) is 90.0 Å². The number of anilines is 1. The molecule has 0 aliphatic heterocycles. The van der Waals surface area contributed by atoms with Gasteiger partial charge in [0.25, 0.3) is 10.0 Å². The van der Waals surface area contributed by atoms with E-state index in [4.69, 9.17) is 4.74 Å². The van der Waals surface area contributed by atoms with Gasteiger partial charge in [-0.2, -0.15) is 0 Å². The van der Waals surface area contributed by atoms with Gasteiger partial charge in [-0.3, -0.25) is 4.31 Å². The number of rotatable bonds is 5. The van der Waals surface area contributed by atoms with E-state index in [1.165, 1.54) is 35.6 Å². The summed E-state index contributed by atoms with van der Waals surface area (Å²) in [5, 5.41) is 0. The summed E-state index contributed by atoms with van der Waals surface area (Å²) in [7, 11) is -2.33. The Labute approximate surface area is 158 Å². The summed E-state index contributed by atoms with van der Waals surface area (Å²) < 4.78 is 32.3. The zero-order valence-corrected chi connectivity index (χ0v) is 15.8. The first-order valence-corrected chi connectivity index (χ1v) is 9.75. The molecule has 0 unspecified atom stereocenters. The van der Waals surface area contributed by atoms with Crippen molar-refractivity contribution in [1.82, 2.24) is 0 Å². The number of hydrogen-bond donors (Lipinski definition) is 0. The van der Waals surface area contributed by atoms with Gasteiger partial charge in [0.05, 0.1) is 16.1 Å². The molecule has 0 heterocycles. The van der Waals surface area contributed by atoms with Gasteiger partial charge in [0.15, 0.2) is 0 Å². The van der Waals surface area contributed by atoms with Crippen LogP contribution in [-0.2, 0) is 10.0 Å². The molecular weight excluding hydrogens is 362 g/mol. The minimum Gasteiger partial charge on any atom is -0.423 e. The van der Waals surface area contributed by atoms with E-state index >= 15 is 0 Å². The van der Waals surface area contributed by atoms with Crippen molar-refractivity contribution < 1.29 is 17.9 Å². The molecule has 0 radical (unpaired) electrons. The lowest BCUT2D eigenvalue weighted by Crippen LogP contribution is -2.26. The normalized spacial score (nSPS) is 11.0. The van der Waals surface area contributed by atoms with Gasteiger partial charge >= 0.3 is 5.97 Å². The quantitative estimate of drug-likeness (QED) is 0.494. The van der Waals surface area contributed by atoms with Crippen LogP contribution in [0.4, 0.5) is 5.69 Å². The van der Waals surface area contributed by atoms with Crippen LogP contribution in [0.2, 0.25) is 0 Å². The van der Waals surface area contributed by atoms with Crippen molar-refractivity contribution in [1.29, 1.82) is 0 Å². The molecule has 0 amide bonds. The molecule has 27 heavy (non-hydrogen) atoms. The third-order valence-electron chi connectivity index (χ3n) is 4.08. The van der Waals surface area contributed by atoms with Crippen LogP contribution in [-0.4, -0.2) is 21.4 Å². The Balaban J connectivity index is 1.87. The molecule has 0 spiro atoms. The summed E-state index contributed by atoms with van der Waals surface area (Å²) in [5.74, 6) is -0.219. The minimum absolute atomic E-state index is 0.0214. The molecule has 3 rings (SSSR count). The molecular formula is C21H19NO4S. The predicted molar refractivity (Wildman–Crippen MR) is 105 cm³/mol. The molecule has 3 aromatic rings. The molecule has 3 aromatic carbocycles. The fraction of sp³-hybridized carbons (Fsp3) is 0.0952. The van der Waals surface area contributed by atoms with E-state index in [9.17, 15) is 13.2 Å². The topological polar surface area (TPSA) is 63.7 Å². The van der Waals surface area contributed by atoms with Gasteiger partial charge in [-0.15, -0.1) is 0 Å². The molecule has 6 heteroatoms. The van der Waals surface area contributed by atoms with Crippen LogP contribution in [0.25, 0.3) is 0 Å². The highest BCUT2D eigenvalue weighted by Gasteiger charge is 2.22. The zero-order valence-electron chi connectivity index (χ0n) is 15.0. The summed E-state index contributed by atoms with van der Waals surface area (Å²) in [5.41, 5.74) is 1.74. The molecule has 0 N–H and O–H groups in total. The predicted octanol–water partition coefficient (Wildman–Crippen LogP) is 4.04. The Morgan fingerprint density at radius 1 is 0.889 bits per heavy atom. The van der Waals surface area contributed by atoms with E-state index in [1.54, 1.807) is 36.4 Å². The maximum absolute atomic E-state index is 12.9. The number of nitrogens with zero attached hydrogens (tertiary/aromatic N) is 1. The lowest BCUT2D eigenvalue weighted by molar-refractivity contribution is 0.0734. The molecule has 0 saturated carbocycles. The van der Waals surface area contributed by atoms with E-state index < -0.39 is 16.0 Å². The van der Waals surface area contributed by atoms with Crippen LogP contribution in [0.5, 0.6) is 5.75 Å². The van der Waals surface area contributed by atoms with Crippen LogP contribution in [0.3, 0.4) is 0 Å². The number of para-hydroxylation sites is 1. The van der Waals surface area contributed by atoms with Gasteiger partial charge in [0, 0.05) is 7.05 Å². The molecule has 138 valence electrons. The Bertz CT molecular complexity index is 1050. The second-order valence-corrected chi connectivity index (χ2v) is 8.01. The Morgan fingerprint density at radius 3 is 2.22 bits per heavy atom. The number of sulfonamides is 1. The minimum atomic E-state index is -3.81. The number of aryl methyl sites for hydroxylation is 1. The largest absolute Gasteiger partial charge is 0.423 e. The monoisotopic (exact) mass is 381 g/mol. The lowest BCUT2D eigenvalue weighted by Gasteiger charge is -2.20. The number of hydrogen-bond acceptors (Lipinski definition) is 4. The van der Waals surface area contributed by atoms with Crippen molar-refractivity contribution in [2.75, 3.05) is 11.4 Å². The summed E-state index contributed by atoms with van der Waals surface area (Å²) >= 11 is 0. The summed E-state index contributed by atoms with van der Waals surface area (Å²) in [4.78, 5) is 12.4. The van der Waals surface area contributed by atoms with Crippen LogP contribution < -0.4 is 9.04 Å². The Kier molecular flexibility index (Phi) is 5.28. The summed E-state index contributed by atoms with van der Waals surface area (Å²) in [6, 6.07) is 21.6. The molecule has 0 aliphatic rings. The Morgan fingerprint density at radius 2 is 1.56 bits per heavy atom. The molecule has 0 fully saturated rings. The van der Waals surface area contributed by atoms with Crippen LogP contribution >= 0.6 is 0 Å². The van der Waals surface area contributed by atoms with Crippen molar-refractivity contribution in [2.45, 2.75) is 11.8 Å². The van der Waals surface area contributed by atoms with E-state index in [1.807, 2.05) is 25.1 Å². The zero-order chi connectivity index (χ0) is 19.4. The van der Waals surface area contributed by atoms with Gasteiger partial charge in [-0.1, -0.05) is 42.0 Å². The lowest BCUT2D eigenvalue weighted by atomic mass is 10.2. The number of esters is 1. The number of carbonyl (C=O) groups excluding carboxylic acids is 1. The fourth-order valence-corrected chi connectivity index (χ4v) is 3.73. The van der Waals surface area contributed by atoms with Crippen LogP contribution in [0.15, 0.2) is 83.8 Å². The van der Waals surface area contributed by atoms with E-state index in [-0.39, 0.29) is 10.5 Å². The van der Waals surface area contributed by atoms with Gasteiger partial charge in [-0.05, 0) is 49.4 Å². The number of ether oxygens (including phenoxy) is 1. The van der Waals surface area contributed by atoms with Crippen molar-refractivity contribution in [3.8, 4) is 5.75 Å². The highest BCUT2D eigenvalue weighted by atomic mass is 32.2. The first kappa shape index (κ1) is 18.7. The second-order valence-electron chi connectivity index (χ2n) is 6.04. The van der Waals surface area contributed by atoms with Gasteiger partial charge in [0.2, 0.25) is 0 Å². The standard InChI is InChI=1S/C21H19NO4S/c1-16-11-13-18(14-12-16)22(2)27(24,25)20-10-6-7-17(15-20)21(23)26-19-8-4-3-5-9-19/h3-15H,1-2H3. The highest BCUT2D eigenvalue weighted by molar-refractivity contribution is 7.92. The average Bonchev–Trinajstić information content (AvgIpc) is 2.69. The molecule has 0 atom stereocenters. The third-order valence-corrected chi connectivity index (χ3v) is 5.86. The smallest absolute Gasteiger partial charge is 0.343 e. The van der Waals surface area contributed by atoms with Gasteiger partial charge in [-0.25, -0.2) is 13.2 Å². The number of carbonyl (C=O) groups is 1. The molecule has 0 saturated heterocycles. The SMILES string of the molecule is Cc1ccc(N(C)S(=O)(=O)c2cccc(C(=O)Oc3ccccc3)c2)cc1. The third kappa shape index (κ3) is 4.17. The first-order valence-electron chi connectivity index (χ1n) is 8.31. The maximum atomic E-state index is 12.9. The second kappa shape index (κ2) is 7.63. The van der Waals surface area contributed by atoms with Crippen molar-refractivity contribution >= 4 is 21.7 Å². The summed E-state index contributed by atoms with van der Waals surface area (Å²) in [6.07, 6.45) is 0. The van der Waals surface area contributed by atoms with Crippen LogP contribution in [0.1, 0.15) is 15.9 Å². The van der Waals surface area contributed by atoms with Crippen LogP contribution in [0, 0.1) is 6.92 Å². The Hall–Kier alpha value is -3.12. The molecule has 0 aromatic heterocycles. The van der Waals surface area contributed by atoms with E-state index in [2.05, 4.69) is 0 Å². The average molecular weight is 381 g/mol.